The van der Waals surface area contributed by atoms with Gasteiger partial charge in [-0.15, -0.1) is 0 Å². The first kappa shape index (κ1) is 14.6. The van der Waals surface area contributed by atoms with Gasteiger partial charge in [0.1, 0.15) is 0 Å². The van der Waals surface area contributed by atoms with E-state index in [1.54, 1.807) is 0 Å². The van der Waals surface area contributed by atoms with Gasteiger partial charge in [-0.3, -0.25) is 4.79 Å². The number of anilines is 1. The highest BCUT2D eigenvalue weighted by molar-refractivity contribution is 5.76. The van der Waals surface area contributed by atoms with Gasteiger partial charge in [0.25, 0.3) is 0 Å². The van der Waals surface area contributed by atoms with Gasteiger partial charge in [-0.2, -0.15) is 0 Å². The topological polar surface area (TPSA) is 32.3 Å². The minimum atomic E-state index is 0.211. The highest BCUT2D eigenvalue weighted by Gasteiger charge is 2.06. The average molecular weight is 248 g/mol. The molecule has 3 heteroatoms. The van der Waals surface area contributed by atoms with E-state index in [-0.39, 0.29) is 5.91 Å². The fourth-order valence-corrected chi connectivity index (χ4v) is 1.70. The zero-order valence-corrected chi connectivity index (χ0v) is 11.7. The van der Waals surface area contributed by atoms with Crippen molar-refractivity contribution in [1.29, 1.82) is 0 Å². The summed E-state index contributed by atoms with van der Waals surface area (Å²) in [5.41, 5.74) is 2.32. The molecule has 1 rings (SSSR count). The molecule has 0 atom stereocenters. The summed E-state index contributed by atoms with van der Waals surface area (Å²) in [5, 5.41) is 3.27. The van der Waals surface area contributed by atoms with Crippen LogP contribution >= 0.6 is 0 Å². The Morgan fingerprint density at radius 3 is 2.56 bits per heavy atom. The minimum absolute atomic E-state index is 0.211. The quantitative estimate of drug-likeness (QED) is 0.804. The third kappa shape index (κ3) is 5.21. The maximum atomic E-state index is 11.8. The third-order valence-electron chi connectivity index (χ3n) is 2.99. The molecule has 3 nitrogen and oxygen atoms in total. The van der Waals surface area contributed by atoms with Crippen molar-refractivity contribution in [3.8, 4) is 0 Å². The number of carbonyl (C=O) groups excluding carboxylic acids is 1. The second-order valence-corrected chi connectivity index (χ2v) is 4.71. The van der Waals surface area contributed by atoms with Gasteiger partial charge < -0.3 is 10.2 Å². The Kier molecular flexibility index (Phi) is 6.26. The highest BCUT2D eigenvalue weighted by Crippen LogP contribution is 2.08. The number of nitrogens with zero attached hydrogens (tertiary/aromatic N) is 1. The van der Waals surface area contributed by atoms with Crippen LogP contribution in [-0.4, -0.2) is 30.9 Å². The van der Waals surface area contributed by atoms with Gasteiger partial charge in [0, 0.05) is 32.2 Å². The molecule has 0 aliphatic heterocycles. The normalized spacial score (nSPS) is 10.2. The summed E-state index contributed by atoms with van der Waals surface area (Å²) in [6, 6.07) is 8.22. The molecule has 0 unspecified atom stereocenters. The molecule has 0 aliphatic carbocycles. The number of benzene rings is 1. The molecule has 0 saturated carbocycles. The second-order valence-electron chi connectivity index (χ2n) is 4.71. The molecule has 0 heterocycles. The number of hydrogen-bond donors (Lipinski definition) is 1. The van der Waals surface area contributed by atoms with Crippen LogP contribution < -0.4 is 5.32 Å². The monoisotopic (exact) mass is 248 g/mol. The smallest absolute Gasteiger partial charge is 0.224 e. The number of carbonyl (C=O) groups is 1. The minimum Gasteiger partial charge on any atom is -0.385 e. The molecule has 1 aromatic carbocycles. The molecule has 1 aromatic rings. The van der Waals surface area contributed by atoms with E-state index in [0.717, 1.165) is 25.1 Å². The van der Waals surface area contributed by atoms with Crippen molar-refractivity contribution < 1.29 is 4.79 Å². The lowest BCUT2D eigenvalue weighted by molar-refractivity contribution is -0.129. The van der Waals surface area contributed by atoms with Gasteiger partial charge in [0.15, 0.2) is 0 Å². The second kappa shape index (κ2) is 7.75. The van der Waals surface area contributed by atoms with Crippen molar-refractivity contribution >= 4 is 11.6 Å². The van der Waals surface area contributed by atoms with Crippen LogP contribution in [0.2, 0.25) is 0 Å². The molecule has 0 spiro atoms. The first-order chi connectivity index (χ1) is 8.63. The summed E-state index contributed by atoms with van der Waals surface area (Å²) in [7, 11) is 1.88. The first-order valence-electron chi connectivity index (χ1n) is 6.68. The van der Waals surface area contributed by atoms with Crippen molar-refractivity contribution in [2.75, 3.05) is 25.5 Å². The third-order valence-corrected chi connectivity index (χ3v) is 2.99. The summed E-state index contributed by atoms with van der Waals surface area (Å²) < 4.78 is 0. The number of amides is 1. The fourth-order valence-electron chi connectivity index (χ4n) is 1.70. The van der Waals surface area contributed by atoms with E-state index in [2.05, 4.69) is 31.3 Å². The Morgan fingerprint density at radius 1 is 1.28 bits per heavy atom. The first-order valence-corrected chi connectivity index (χ1v) is 6.68. The molecule has 0 aromatic heterocycles. The van der Waals surface area contributed by atoms with Crippen LogP contribution in [0.1, 0.15) is 31.7 Å². The van der Waals surface area contributed by atoms with Gasteiger partial charge in [-0.25, -0.2) is 0 Å². The molecule has 0 aliphatic rings. The van der Waals surface area contributed by atoms with Gasteiger partial charge in [-0.1, -0.05) is 31.0 Å². The summed E-state index contributed by atoms with van der Waals surface area (Å²) in [4.78, 5) is 13.6. The molecule has 1 N–H and O–H groups in total. The number of rotatable bonds is 7. The van der Waals surface area contributed by atoms with E-state index in [9.17, 15) is 4.79 Å². The Balaban J connectivity index is 2.24. The van der Waals surface area contributed by atoms with Crippen LogP contribution in [0.25, 0.3) is 0 Å². The lowest BCUT2D eigenvalue weighted by Crippen LogP contribution is -2.29. The fraction of sp³-hybridized carbons (Fsp3) is 0.533. The zero-order valence-electron chi connectivity index (χ0n) is 11.7. The lowest BCUT2D eigenvalue weighted by Gasteiger charge is -2.17. The average Bonchev–Trinajstić information content (AvgIpc) is 2.38. The van der Waals surface area contributed by atoms with Gasteiger partial charge >= 0.3 is 0 Å². The summed E-state index contributed by atoms with van der Waals surface area (Å²) in [6.45, 7) is 5.76. The zero-order chi connectivity index (χ0) is 13.4. The Morgan fingerprint density at radius 2 is 1.94 bits per heavy atom. The van der Waals surface area contributed by atoms with Crippen LogP contribution in [-0.2, 0) is 4.79 Å². The standard InChI is InChI=1S/C15H24N2O/c1-4-5-12-17(3)15(18)10-11-16-14-8-6-13(2)7-9-14/h6-9,16H,4-5,10-12H2,1-3H3. The van der Waals surface area contributed by atoms with Crippen LogP contribution in [0.3, 0.4) is 0 Å². The van der Waals surface area contributed by atoms with Crippen molar-refractivity contribution in [3.63, 3.8) is 0 Å². The van der Waals surface area contributed by atoms with Crippen molar-refractivity contribution in [1.82, 2.24) is 4.90 Å². The van der Waals surface area contributed by atoms with E-state index in [0.29, 0.717) is 13.0 Å². The van der Waals surface area contributed by atoms with Crippen LogP contribution in [0.5, 0.6) is 0 Å². The van der Waals surface area contributed by atoms with E-state index < -0.39 is 0 Å². The molecular formula is C15H24N2O. The van der Waals surface area contributed by atoms with Crippen molar-refractivity contribution in [2.24, 2.45) is 0 Å². The Bertz CT molecular complexity index is 359. The molecule has 1 amide bonds. The van der Waals surface area contributed by atoms with Gasteiger partial charge in [-0.05, 0) is 25.5 Å². The number of hydrogen-bond acceptors (Lipinski definition) is 2. The predicted molar refractivity (Wildman–Crippen MR) is 76.8 cm³/mol. The largest absolute Gasteiger partial charge is 0.385 e. The van der Waals surface area contributed by atoms with E-state index in [1.165, 1.54) is 5.56 Å². The number of aryl methyl sites for hydroxylation is 1. The highest BCUT2D eigenvalue weighted by atomic mass is 16.2. The van der Waals surface area contributed by atoms with E-state index in [4.69, 9.17) is 0 Å². The predicted octanol–water partition coefficient (Wildman–Crippen LogP) is 3.06. The molecule has 0 saturated heterocycles. The maximum Gasteiger partial charge on any atom is 0.224 e. The van der Waals surface area contributed by atoms with Gasteiger partial charge in [0.2, 0.25) is 5.91 Å². The van der Waals surface area contributed by atoms with Crippen LogP contribution in [0.4, 0.5) is 5.69 Å². The molecule has 0 bridgehead atoms. The van der Waals surface area contributed by atoms with E-state index >= 15 is 0 Å². The van der Waals surface area contributed by atoms with E-state index in [1.807, 2.05) is 24.1 Å². The van der Waals surface area contributed by atoms with Gasteiger partial charge in [0.05, 0.1) is 0 Å². The summed E-state index contributed by atoms with van der Waals surface area (Å²) in [5.74, 6) is 0.211. The molecule has 18 heavy (non-hydrogen) atoms. The lowest BCUT2D eigenvalue weighted by atomic mass is 10.2. The Hall–Kier alpha value is -1.51. The van der Waals surface area contributed by atoms with Crippen LogP contribution in [0, 0.1) is 6.92 Å². The maximum absolute atomic E-state index is 11.8. The SMILES string of the molecule is CCCCN(C)C(=O)CCNc1ccc(C)cc1. The molecule has 0 radical (unpaired) electrons. The molecule has 100 valence electrons. The van der Waals surface area contributed by atoms with Crippen LogP contribution in [0.15, 0.2) is 24.3 Å². The number of unbranched alkanes of at least 4 members (excludes halogenated alkanes) is 1. The Labute approximate surface area is 110 Å². The molecule has 0 fully saturated rings. The summed E-state index contributed by atoms with van der Waals surface area (Å²) in [6.07, 6.45) is 2.75. The summed E-state index contributed by atoms with van der Waals surface area (Å²) >= 11 is 0. The van der Waals surface area contributed by atoms with Crippen molar-refractivity contribution in [2.45, 2.75) is 33.1 Å². The number of nitrogens with one attached hydrogen (secondary N) is 1. The molecular weight excluding hydrogens is 224 g/mol. The van der Waals surface area contributed by atoms with Crippen molar-refractivity contribution in [3.05, 3.63) is 29.8 Å².